The summed E-state index contributed by atoms with van der Waals surface area (Å²) in [5.41, 5.74) is 1.29. The first kappa shape index (κ1) is 16.0. The van der Waals surface area contributed by atoms with Gasteiger partial charge in [-0.2, -0.15) is 5.10 Å². The minimum atomic E-state index is 0.369. The number of nitrogens with zero attached hydrogens (tertiary/aromatic N) is 3. The third kappa shape index (κ3) is 4.31. The molecule has 3 heterocycles. The number of hydrogen-bond acceptors (Lipinski definition) is 4. The fourth-order valence-electron chi connectivity index (χ4n) is 3.83. The minimum Gasteiger partial charge on any atom is -0.374 e. The van der Waals surface area contributed by atoms with Crippen molar-refractivity contribution >= 4 is 0 Å². The first-order chi connectivity index (χ1) is 10.7. The van der Waals surface area contributed by atoms with E-state index >= 15 is 0 Å². The van der Waals surface area contributed by atoms with Crippen LogP contribution >= 0.6 is 0 Å². The van der Waals surface area contributed by atoms with E-state index in [4.69, 9.17) is 4.74 Å². The maximum atomic E-state index is 6.01. The Morgan fingerprint density at radius 1 is 1.32 bits per heavy atom. The summed E-state index contributed by atoms with van der Waals surface area (Å²) in [7, 11) is 0. The van der Waals surface area contributed by atoms with Crippen LogP contribution in [0.4, 0.5) is 0 Å². The predicted octanol–water partition coefficient (Wildman–Crippen LogP) is 1.95. The number of aromatic amines is 1. The van der Waals surface area contributed by atoms with Gasteiger partial charge in [-0.3, -0.25) is 10.00 Å². The van der Waals surface area contributed by atoms with Gasteiger partial charge in [0.25, 0.3) is 0 Å². The molecule has 2 aliphatic heterocycles. The smallest absolute Gasteiger partial charge is 0.0829 e. The standard InChI is InChI=1S/C17H30N4O/c1-14(2)10-21-8-9-22-16(13-21)12-20-7-3-4-15(11-20)17-5-6-18-19-17/h5-6,14-16H,3-4,7-13H2,1-2H3,(H,18,19)/t15-,16-/m0/s1. The minimum absolute atomic E-state index is 0.369. The van der Waals surface area contributed by atoms with Crippen LogP contribution < -0.4 is 0 Å². The van der Waals surface area contributed by atoms with Gasteiger partial charge < -0.3 is 9.64 Å². The van der Waals surface area contributed by atoms with Gasteiger partial charge in [-0.25, -0.2) is 0 Å². The largest absolute Gasteiger partial charge is 0.374 e. The van der Waals surface area contributed by atoms with Crippen molar-refractivity contribution in [2.24, 2.45) is 5.92 Å². The van der Waals surface area contributed by atoms with E-state index in [2.05, 4.69) is 39.9 Å². The zero-order chi connectivity index (χ0) is 15.4. The molecule has 0 amide bonds. The van der Waals surface area contributed by atoms with Crippen molar-refractivity contribution in [1.82, 2.24) is 20.0 Å². The monoisotopic (exact) mass is 306 g/mol. The maximum Gasteiger partial charge on any atom is 0.0829 e. The zero-order valence-electron chi connectivity index (χ0n) is 14.0. The van der Waals surface area contributed by atoms with Crippen LogP contribution in [0.1, 0.15) is 38.3 Å². The fourth-order valence-corrected chi connectivity index (χ4v) is 3.83. The van der Waals surface area contributed by atoms with Gasteiger partial charge >= 0.3 is 0 Å². The lowest BCUT2D eigenvalue weighted by Crippen LogP contribution is -2.49. The van der Waals surface area contributed by atoms with Crippen LogP contribution in [0.2, 0.25) is 0 Å². The number of likely N-dealkylation sites (tertiary alicyclic amines) is 1. The first-order valence-electron chi connectivity index (χ1n) is 8.76. The highest BCUT2D eigenvalue weighted by atomic mass is 16.5. The van der Waals surface area contributed by atoms with E-state index in [-0.39, 0.29) is 0 Å². The number of nitrogens with one attached hydrogen (secondary N) is 1. The van der Waals surface area contributed by atoms with Crippen molar-refractivity contribution in [3.8, 4) is 0 Å². The normalized spacial score (nSPS) is 28.3. The SMILES string of the molecule is CC(C)CN1CCO[C@@H](CN2CCC[C@H](c3ccn[nH]3)C2)C1. The second-order valence-electron chi connectivity index (χ2n) is 7.26. The number of aromatic nitrogens is 2. The lowest BCUT2D eigenvalue weighted by Gasteiger charge is -2.38. The average Bonchev–Trinajstić information content (AvgIpc) is 3.01. The highest BCUT2D eigenvalue weighted by molar-refractivity contribution is 5.07. The third-order valence-electron chi connectivity index (χ3n) is 4.78. The van der Waals surface area contributed by atoms with Gasteiger partial charge in [0, 0.05) is 50.5 Å². The summed E-state index contributed by atoms with van der Waals surface area (Å²) in [6.45, 7) is 12.2. The number of morpholine rings is 1. The molecular formula is C17H30N4O. The molecule has 0 spiro atoms. The maximum absolute atomic E-state index is 6.01. The summed E-state index contributed by atoms with van der Waals surface area (Å²) in [6.07, 6.45) is 4.77. The van der Waals surface area contributed by atoms with Gasteiger partial charge in [0.2, 0.25) is 0 Å². The molecule has 3 rings (SSSR count). The second kappa shape index (κ2) is 7.57. The Balaban J connectivity index is 1.49. The number of ether oxygens (including phenoxy) is 1. The zero-order valence-corrected chi connectivity index (χ0v) is 14.0. The molecule has 2 saturated heterocycles. The molecule has 2 aliphatic rings. The van der Waals surface area contributed by atoms with E-state index < -0.39 is 0 Å². The molecule has 0 unspecified atom stereocenters. The lowest BCUT2D eigenvalue weighted by atomic mass is 9.94. The molecule has 2 atom stereocenters. The molecule has 0 aliphatic carbocycles. The average molecular weight is 306 g/mol. The molecule has 2 fully saturated rings. The van der Waals surface area contributed by atoms with Crippen LogP contribution in [0, 0.1) is 5.92 Å². The Morgan fingerprint density at radius 3 is 3.00 bits per heavy atom. The molecule has 1 aromatic heterocycles. The van der Waals surface area contributed by atoms with Crippen LogP contribution in [-0.2, 0) is 4.74 Å². The highest BCUT2D eigenvalue weighted by Crippen LogP contribution is 2.25. The Kier molecular flexibility index (Phi) is 5.50. The summed E-state index contributed by atoms with van der Waals surface area (Å²) in [4.78, 5) is 5.15. The molecule has 0 radical (unpaired) electrons. The van der Waals surface area contributed by atoms with Crippen LogP contribution in [0.5, 0.6) is 0 Å². The summed E-state index contributed by atoms with van der Waals surface area (Å²) >= 11 is 0. The topological polar surface area (TPSA) is 44.4 Å². The van der Waals surface area contributed by atoms with E-state index in [1.807, 2.05) is 6.20 Å². The summed E-state index contributed by atoms with van der Waals surface area (Å²) in [5, 5.41) is 7.24. The van der Waals surface area contributed by atoms with E-state index in [1.165, 1.54) is 31.6 Å². The number of H-pyrrole nitrogens is 1. The molecule has 22 heavy (non-hydrogen) atoms. The van der Waals surface area contributed by atoms with E-state index in [0.29, 0.717) is 12.0 Å². The van der Waals surface area contributed by atoms with Crippen molar-refractivity contribution in [1.29, 1.82) is 0 Å². The quantitative estimate of drug-likeness (QED) is 0.903. The predicted molar refractivity (Wildman–Crippen MR) is 88.0 cm³/mol. The van der Waals surface area contributed by atoms with E-state index in [0.717, 1.165) is 38.7 Å². The van der Waals surface area contributed by atoms with Gasteiger partial charge in [0.05, 0.1) is 12.7 Å². The summed E-state index contributed by atoms with van der Waals surface area (Å²) in [5.74, 6) is 1.34. The molecule has 124 valence electrons. The summed E-state index contributed by atoms with van der Waals surface area (Å²) < 4.78 is 6.01. The second-order valence-corrected chi connectivity index (χ2v) is 7.26. The Bertz CT molecular complexity index is 434. The van der Waals surface area contributed by atoms with Crippen molar-refractivity contribution < 1.29 is 4.74 Å². The Labute approximate surface area is 134 Å². The van der Waals surface area contributed by atoms with Gasteiger partial charge in [-0.1, -0.05) is 13.8 Å². The fraction of sp³-hybridized carbons (Fsp3) is 0.824. The Morgan fingerprint density at radius 2 is 2.23 bits per heavy atom. The molecule has 5 heteroatoms. The van der Waals surface area contributed by atoms with E-state index in [9.17, 15) is 0 Å². The molecule has 5 nitrogen and oxygen atoms in total. The number of hydrogen-bond donors (Lipinski definition) is 1. The molecule has 0 aromatic carbocycles. The molecule has 1 N–H and O–H groups in total. The van der Waals surface area contributed by atoms with E-state index in [1.54, 1.807) is 0 Å². The van der Waals surface area contributed by atoms with Crippen LogP contribution in [0.3, 0.4) is 0 Å². The van der Waals surface area contributed by atoms with Gasteiger partial charge in [-0.15, -0.1) is 0 Å². The molecular weight excluding hydrogens is 276 g/mol. The highest BCUT2D eigenvalue weighted by Gasteiger charge is 2.27. The first-order valence-corrected chi connectivity index (χ1v) is 8.76. The van der Waals surface area contributed by atoms with Gasteiger partial charge in [-0.05, 0) is 31.4 Å². The molecule has 0 saturated carbocycles. The lowest BCUT2D eigenvalue weighted by molar-refractivity contribution is -0.0487. The Hall–Kier alpha value is -0.910. The molecule has 1 aromatic rings. The van der Waals surface area contributed by atoms with Gasteiger partial charge in [0.1, 0.15) is 0 Å². The van der Waals surface area contributed by atoms with Crippen LogP contribution in [0.15, 0.2) is 12.3 Å². The third-order valence-corrected chi connectivity index (χ3v) is 4.78. The van der Waals surface area contributed by atoms with Crippen molar-refractivity contribution in [3.63, 3.8) is 0 Å². The summed E-state index contributed by atoms with van der Waals surface area (Å²) in [6, 6.07) is 2.12. The van der Waals surface area contributed by atoms with Crippen molar-refractivity contribution in [2.75, 3.05) is 45.9 Å². The van der Waals surface area contributed by atoms with Crippen LogP contribution in [-0.4, -0.2) is 72.0 Å². The van der Waals surface area contributed by atoms with Crippen molar-refractivity contribution in [3.05, 3.63) is 18.0 Å². The number of rotatable bonds is 5. The van der Waals surface area contributed by atoms with Gasteiger partial charge in [0.15, 0.2) is 0 Å². The molecule has 0 bridgehead atoms. The number of piperidine rings is 1. The van der Waals surface area contributed by atoms with Crippen LogP contribution in [0.25, 0.3) is 0 Å². The van der Waals surface area contributed by atoms with Crippen molar-refractivity contribution in [2.45, 2.75) is 38.7 Å².